The fraction of sp³-hybridized carbons (Fsp3) is 0.316. The molecule has 0 aliphatic carbocycles. The summed E-state index contributed by atoms with van der Waals surface area (Å²) >= 11 is 0. The first-order chi connectivity index (χ1) is 13.0. The summed E-state index contributed by atoms with van der Waals surface area (Å²) in [4.78, 5) is 11.7. The predicted molar refractivity (Wildman–Crippen MR) is 99.1 cm³/mol. The molecule has 2 aromatic carbocycles. The van der Waals surface area contributed by atoms with Crippen molar-refractivity contribution in [3.63, 3.8) is 0 Å². The Labute approximate surface area is 162 Å². The van der Waals surface area contributed by atoms with Gasteiger partial charge in [-0.25, -0.2) is 8.42 Å². The van der Waals surface area contributed by atoms with Gasteiger partial charge in [-0.3, -0.25) is 4.79 Å². The number of carbonyl (C=O) groups is 1. The Morgan fingerprint density at radius 1 is 1.04 bits per heavy atom. The minimum absolute atomic E-state index is 0.0375. The first-order valence-corrected chi connectivity index (χ1v) is 9.95. The zero-order chi connectivity index (χ0) is 20.9. The number of hydrogen-bond acceptors (Lipinski definition) is 3. The molecule has 2 aromatic rings. The molecule has 0 unspecified atom stereocenters. The molecule has 28 heavy (non-hydrogen) atoms. The maximum atomic E-state index is 13.0. The van der Waals surface area contributed by atoms with Crippen LogP contribution in [-0.4, -0.2) is 37.4 Å². The Morgan fingerprint density at radius 2 is 1.61 bits per heavy atom. The van der Waals surface area contributed by atoms with Crippen LogP contribution in [0.5, 0.6) is 0 Å². The Bertz CT molecular complexity index is 896. The van der Waals surface area contributed by atoms with E-state index in [1.165, 1.54) is 28.6 Å². The largest absolute Gasteiger partial charge is 0.405 e. The lowest BCUT2D eigenvalue weighted by atomic mass is 10.2. The average molecular weight is 414 g/mol. The molecule has 0 aliphatic heterocycles. The van der Waals surface area contributed by atoms with Crippen LogP contribution in [-0.2, 0) is 16.6 Å². The van der Waals surface area contributed by atoms with Crippen molar-refractivity contribution in [2.75, 3.05) is 6.54 Å². The quantitative estimate of drug-likeness (QED) is 0.753. The Kier molecular flexibility index (Phi) is 6.84. The highest BCUT2D eigenvalue weighted by molar-refractivity contribution is 7.89. The molecule has 5 nitrogen and oxygen atoms in total. The van der Waals surface area contributed by atoms with E-state index in [1.54, 1.807) is 19.2 Å². The van der Waals surface area contributed by atoms with Gasteiger partial charge in [-0.15, -0.1) is 0 Å². The normalized spacial score (nSPS) is 12.4. The zero-order valence-electron chi connectivity index (χ0n) is 15.4. The Hall–Kier alpha value is -2.39. The van der Waals surface area contributed by atoms with Gasteiger partial charge in [0.2, 0.25) is 10.0 Å². The van der Waals surface area contributed by atoms with Gasteiger partial charge in [0.25, 0.3) is 5.91 Å². The van der Waals surface area contributed by atoms with Gasteiger partial charge in [-0.2, -0.15) is 17.5 Å². The number of sulfonamides is 1. The topological polar surface area (TPSA) is 66.5 Å². The highest BCUT2D eigenvalue weighted by atomic mass is 32.2. The molecule has 2 rings (SSSR count). The first-order valence-electron chi connectivity index (χ1n) is 8.51. The van der Waals surface area contributed by atoms with Gasteiger partial charge in [0, 0.05) is 18.2 Å². The lowest BCUT2D eigenvalue weighted by Gasteiger charge is -2.26. The van der Waals surface area contributed by atoms with Crippen molar-refractivity contribution < 1.29 is 26.4 Å². The number of rotatable bonds is 7. The molecule has 0 bridgehead atoms. The van der Waals surface area contributed by atoms with E-state index in [1.807, 2.05) is 30.3 Å². The van der Waals surface area contributed by atoms with Crippen LogP contribution in [0.3, 0.4) is 0 Å². The second-order valence-electron chi connectivity index (χ2n) is 6.45. The molecule has 152 valence electrons. The third kappa shape index (κ3) is 5.80. The molecule has 1 N–H and O–H groups in total. The third-order valence-corrected chi connectivity index (χ3v) is 5.97. The molecule has 0 saturated heterocycles. The number of halogens is 3. The highest BCUT2D eigenvalue weighted by Crippen LogP contribution is 2.22. The minimum Gasteiger partial charge on any atom is -0.343 e. The predicted octanol–water partition coefficient (Wildman–Crippen LogP) is 3.58. The molecule has 9 heteroatoms. The maximum Gasteiger partial charge on any atom is 0.405 e. The van der Waals surface area contributed by atoms with Crippen molar-refractivity contribution in [3.8, 4) is 0 Å². The third-order valence-electron chi connectivity index (χ3n) is 3.93. The molecule has 0 fully saturated rings. The Morgan fingerprint density at radius 3 is 2.11 bits per heavy atom. The number of carbonyl (C=O) groups excluding carboxylic acids is 1. The number of benzene rings is 2. The van der Waals surface area contributed by atoms with Crippen molar-refractivity contribution >= 4 is 15.9 Å². The van der Waals surface area contributed by atoms with Crippen molar-refractivity contribution in [2.24, 2.45) is 0 Å². The van der Waals surface area contributed by atoms with Gasteiger partial charge in [0.05, 0.1) is 4.90 Å². The van der Waals surface area contributed by atoms with E-state index in [4.69, 9.17) is 0 Å². The molecular weight excluding hydrogens is 393 g/mol. The first kappa shape index (κ1) is 21.9. The molecular formula is C19H21F3N2O3S. The van der Waals surface area contributed by atoms with Crippen LogP contribution in [0, 0.1) is 0 Å². The molecule has 0 radical (unpaired) electrons. The van der Waals surface area contributed by atoms with Gasteiger partial charge in [-0.05, 0) is 43.7 Å². The van der Waals surface area contributed by atoms with E-state index in [2.05, 4.69) is 0 Å². The standard InChI is InChI=1S/C19H21F3N2O3S/c1-14(2)24(12-15-6-4-3-5-7-15)28(26,27)17-10-8-16(9-11-17)18(25)23-13-19(20,21)22/h3-11,14H,12-13H2,1-2H3,(H,23,25). The monoisotopic (exact) mass is 414 g/mol. The molecule has 0 heterocycles. The SMILES string of the molecule is CC(C)N(Cc1ccccc1)S(=O)(=O)c1ccc(C(=O)NCC(F)(F)F)cc1. The number of hydrogen-bond donors (Lipinski definition) is 1. The second-order valence-corrected chi connectivity index (χ2v) is 8.34. The van der Waals surface area contributed by atoms with Crippen molar-refractivity contribution in [2.45, 2.75) is 37.5 Å². The number of alkyl halides is 3. The van der Waals surface area contributed by atoms with Crippen LogP contribution in [0.25, 0.3) is 0 Å². The summed E-state index contributed by atoms with van der Waals surface area (Å²) in [7, 11) is -3.85. The lowest BCUT2D eigenvalue weighted by Crippen LogP contribution is -2.36. The molecule has 0 saturated carbocycles. The summed E-state index contributed by atoms with van der Waals surface area (Å²) in [6.07, 6.45) is -4.52. The average Bonchev–Trinajstić information content (AvgIpc) is 2.64. The molecule has 1 amide bonds. The fourth-order valence-corrected chi connectivity index (χ4v) is 4.13. The molecule has 0 atom stereocenters. The smallest absolute Gasteiger partial charge is 0.343 e. The van der Waals surface area contributed by atoms with E-state index in [-0.39, 0.29) is 23.0 Å². The maximum absolute atomic E-state index is 13.0. The van der Waals surface area contributed by atoms with Crippen molar-refractivity contribution in [1.29, 1.82) is 0 Å². The minimum atomic E-state index is -4.52. The van der Waals surface area contributed by atoms with Gasteiger partial charge in [0.15, 0.2) is 0 Å². The van der Waals surface area contributed by atoms with Crippen LogP contribution >= 0.6 is 0 Å². The number of nitrogens with zero attached hydrogens (tertiary/aromatic N) is 1. The molecule has 0 spiro atoms. The number of nitrogens with one attached hydrogen (secondary N) is 1. The van der Waals surface area contributed by atoms with Crippen LogP contribution < -0.4 is 5.32 Å². The summed E-state index contributed by atoms with van der Waals surface area (Å²) in [5, 5.41) is 1.75. The molecule has 0 aliphatic rings. The van der Waals surface area contributed by atoms with Gasteiger partial charge < -0.3 is 5.32 Å². The molecule has 0 aromatic heterocycles. The van der Waals surface area contributed by atoms with Crippen LogP contribution in [0.1, 0.15) is 29.8 Å². The van der Waals surface area contributed by atoms with Crippen LogP contribution in [0.2, 0.25) is 0 Å². The van der Waals surface area contributed by atoms with E-state index >= 15 is 0 Å². The summed E-state index contributed by atoms with van der Waals surface area (Å²) in [5.74, 6) is -0.925. The van der Waals surface area contributed by atoms with E-state index < -0.39 is 28.7 Å². The van der Waals surface area contributed by atoms with Crippen molar-refractivity contribution in [1.82, 2.24) is 9.62 Å². The second kappa shape index (κ2) is 8.74. The number of amides is 1. The van der Waals surface area contributed by atoms with Crippen LogP contribution in [0.15, 0.2) is 59.5 Å². The summed E-state index contributed by atoms with van der Waals surface area (Å²) in [5.41, 5.74) is 0.769. The summed E-state index contributed by atoms with van der Waals surface area (Å²) in [6.45, 7) is 2.22. The van der Waals surface area contributed by atoms with E-state index in [9.17, 15) is 26.4 Å². The van der Waals surface area contributed by atoms with Gasteiger partial charge in [-0.1, -0.05) is 30.3 Å². The summed E-state index contributed by atoms with van der Waals surface area (Å²) in [6, 6.07) is 13.6. The lowest BCUT2D eigenvalue weighted by molar-refractivity contribution is -0.123. The van der Waals surface area contributed by atoms with Crippen molar-refractivity contribution in [3.05, 3.63) is 65.7 Å². The van der Waals surface area contributed by atoms with E-state index in [0.29, 0.717) is 0 Å². The highest BCUT2D eigenvalue weighted by Gasteiger charge is 2.29. The Balaban J connectivity index is 2.20. The summed E-state index contributed by atoms with van der Waals surface area (Å²) < 4.78 is 63.9. The van der Waals surface area contributed by atoms with Gasteiger partial charge >= 0.3 is 6.18 Å². The zero-order valence-corrected chi connectivity index (χ0v) is 16.2. The van der Waals surface area contributed by atoms with Crippen LogP contribution in [0.4, 0.5) is 13.2 Å². The van der Waals surface area contributed by atoms with Gasteiger partial charge in [0.1, 0.15) is 6.54 Å². The van der Waals surface area contributed by atoms with E-state index in [0.717, 1.165) is 5.56 Å². The fourth-order valence-electron chi connectivity index (χ4n) is 2.50.